The van der Waals surface area contributed by atoms with Crippen LogP contribution in [-0.2, 0) is 4.74 Å². The molecule has 1 saturated carbocycles. The average molecular weight is 265 g/mol. The van der Waals surface area contributed by atoms with Crippen LogP contribution in [0.1, 0.15) is 46.0 Å². The van der Waals surface area contributed by atoms with E-state index in [2.05, 4.69) is 23.2 Å². The average Bonchev–Trinajstić information content (AvgIpc) is 2.46. The van der Waals surface area contributed by atoms with Crippen LogP contribution in [0.4, 0.5) is 0 Å². The summed E-state index contributed by atoms with van der Waals surface area (Å²) < 4.78 is 5.92. The van der Waals surface area contributed by atoms with Gasteiger partial charge in [-0.3, -0.25) is 4.90 Å². The molecule has 2 fully saturated rings. The molecule has 4 unspecified atom stereocenters. The standard InChI is InChI=1S/C15H27N3O/c1-12(10-15(2,11-16)17-3)18-8-9-19-14-7-5-4-6-13(14)18/h12-14,17H,4-10H2,1-3H3. The van der Waals surface area contributed by atoms with Crippen molar-refractivity contribution < 1.29 is 4.74 Å². The van der Waals surface area contributed by atoms with Crippen molar-refractivity contribution in [2.24, 2.45) is 0 Å². The summed E-state index contributed by atoms with van der Waals surface area (Å²) in [5, 5.41) is 12.5. The molecule has 1 aliphatic carbocycles. The Morgan fingerprint density at radius 3 is 2.89 bits per heavy atom. The van der Waals surface area contributed by atoms with Crippen molar-refractivity contribution in [1.29, 1.82) is 5.26 Å². The predicted octanol–water partition coefficient (Wildman–Crippen LogP) is 1.91. The van der Waals surface area contributed by atoms with E-state index in [1.807, 2.05) is 14.0 Å². The van der Waals surface area contributed by atoms with Gasteiger partial charge in [-0.15, -0.1) is 0 Å². The zero-order valence-electron chi connectivity index (χ0n) is 12.5. The van der Waals surface area contributed by atoms with Crippen molar-refractivity contribution >= 4 is 0 Å². The Bertz CT molecular complexity index is 339. The van der Waals surface area contributed by atoms with E-state index in [0.29, 0.717) is 18.2 Å². The number of morpholine rings is 1. The second-order valence-corrected chi connectivity index (χ2v) is 6.25. The molecular weight excluding hydrogens is 238 g/mol. The van der Waals surface area contributed by atoms with Crippen LogP contribution in [-0.4, -0.2) is 48.8 Å². The molecule has 0 radical (unpaired) electrons. The predicted molar refractivity (Wildman–Crippen MR) is 75.9 cm³/mol. The van der Waals surface area contributed by atoms with Crippen molar-refractivity contribution in [2.75, 3.05) is 20.2 Å². The topological polar surface area (TPSA) is 48.3 Å². The summed E-state index contributed by atoms with van der Waals surface area (Å²) in [6, 6.07) is 3.39. The molecule has 2 aliphatic rings. The maximum atomic E-state index is 9.31. The molecule has 0 aromatic carbocycles. The van der Waals surface area contributed by atoms with Gasteiger partial charge in [-0.2, -0.15) is 5.26 Å². The Labute approximate surface area is 117 Å². The van der Waals surface area contributed by atoms with Crippen LogP contribution >= 0.6 is 0 Å². The number of fused-ring (bicyclic) bond motifs is 1. The minimum atomic E-state index is -0.429. The number of ether oxygens (including phenoxy) is 1. The molecule has 0 bridgehead atoms. The van der Waals surface area contributed by atoms with Crippen LogP contribution in [0.25, 0.3) is 0 Å². The first-order chi connectivity index (χ1) is 9.09. The van der Waals surface area contributed by atoms with Gasteiger partial charge in [0.05, 0.1) is 18.8 Å². The van der Waals surface area contributed by atoms with Crippen molar-refractivity contribution in [3.8, 4) is 6.07 Å². The Balaban J connectivity index is 2.01. The van der Waals surface area contributed by atoms with E-state index in [-0.39, 0.29) is 0 Å². The molecule has 1 aliphatic heterocycles. The van der Waals surface area contributed by atoms with Crippen LogP contribution in [0.15, 0.2) is 0 Å². The van der Waals surface area contributed by atoms with Gasteiger partial charge in [0.1, 0.15) is 5.54 Å². The van der Waals surface area contributed by atoms with Gasteiger partial charge in [0.15, 0.2) is 0 Å². The smallest absolute Gasteiger partial charge is 0.105 e. The quantitative estimate of drug-likeness (QED) is 0.843. The molecule has 4 nitrogen and oxygen atoms in total. The lowest BCUT2D eigenvalue weighted by Crippen LogP contribution is -2.57. The maximum Gasteiger partial charge on any atom is 0.105 e. The zero-order valence-corrected chi connectivity index (χ0v) is 12.5. The lowest BCUT2D eigenvalue weighted by Gasteiger charge is -2.47. The highest BCUT2D eigenvalue weighted by molar-refractivity contribution is 5.05. The fourth-order valence-electron chi connectivity index (χ4n) is 3.59. The summed E-state index contributed by atoms with van der Waals surface area (Å²) in [4.78, 5) is 2.58. The van der Waals surface area contributed by atoms with Gasteiger partial charge < -0.3 is 10.1 Å². The second kappa shape index (κ2) is 6.21. The number of hydrogen-bond acceptors (Lipinski definition) is 4. The summed E-state index contributed by atoms with van der Waals surface area (Å²) in [5.41, 5.74) is -0.429. The monoisotopic (exact) mass is 265 g/mol. The summed E-state index contributed by atoms with van der Waals surface area (Å²) in [6.45, 7) is 6.09. The minimum absolute atomic E-state index is 0.423. The fourth-order valence-corrected chi connectivity index (χ4v) is 3.59. The van der Waals surface area contributed by atoms with Gasteiger partial charge in [-0.1, -0.05) is 12.8 Å². The van der Waals surface area contributed by atoms with Gasteiger partial charge in [-0.25, -0.2) is 0 Å². The third-order valence-electron chi connectivity index (χ3n) is 4.84. The number of hydrogen-bond donors (Lipinski definition) is 1. The number of nitriles is 1. The highest BCUT2D eigenvalue weighted by Crippen LogP contribution is 2.31. The zero-order chi connectivity index (χ0) is 13.9. The molecule has 19 heavy (non-hydrogen) atoms. The molecular formula is C15H27N3O. The summed E-state index contributed by atoms with van der Waals surface area (Å²) in [6.07, 6.45) is 6.36. The Morgan fingerprint density at radius 2 is 2.21 bits per heavy atom. The van der Waals surface area contributed by atoms with Crippen LogP contribution in [0.5, 0.6) is 0 Å². The van der Waals surface area contributed by atoms with E-state index >= 15 is 0 Å². The van der Waals surface area contributed by atoms with E-state index in [1.165, 1.54) is 25.7 Å². The molecule has 1 heterocycles. The van der Waals surface area contributed by atoms with E-state index in [4.69, 9.17) is 4.74 Å². The van der Waals surface area contributed by atoms with Crippen molar-refractivity contribution in [2.45, 2.75) is 69.7 Å². The lowest BCUT2D eigenvalue weighted by molar-refractivity contribution is -0.102. The van der Waals surface area contributed by atoms with Gasteiger partial charge >= 0.3 is 0 Å². The molecule has 0 spiro atoms. The summed E-state index contributed by atoms with van der Waals surface area (Å²) in [7, 11) is 1.87. The lowest BCUT2D eigenvalue weighted by atomic mass is 9.87. The first-order valence-electron chi connectivity index (χ1n) is 7.57. The van der Waals surface area contributed by atoms with Crippen LogP contribution in [0.2, 0.25) is 0 Å². The molecule has 1 saturated heterocycles. The van der Waals surface area contributed by atoms with Gasteiger partial charge in [-0.05, 0) is 40.2 Å². The fraction of sp³-hybridized carbons (Fsp3) is 0.933. The Morgan fingerprint density at radius 1 is 1.47 bits per heavy atom. The molecule has 0 amide bonds. The first-order valence-corrected chi connectivity index (χ1v) is 7.57. The van der Waals surface area contributed by atoms with Crippen molar-refractivity contribution in [1.82, 2.24) is 10.2 Å². The molecule has 2 rings (SSSR count). The highest BCUT2D eigenvalue weighted by atomic mass is 16.5. The SMILES string of the molecule is CNC(C)(C#N)CC(C)N1CCOC2CCCCC21. The molecule has 4 atom stereocenters. The largest absolute Gasteiger partial charge is 0.375 e. The second-order valence-electron chi connectivity index (χ2n) is 6.25. The Kier molecular flexibility index (Phi) is 4.83. The van der Waals surface area contributed by atoms with E-state index in [1.54, 1.807) is 0 Å². The van der Waals surface area contributed by atoms with E-state index in [0.717, 1.165) is 19.6 Å². The minimum Gasteiger partial charge on any atom is -0.375 e. The van der Waals surface area contributed by atoms with Crippen LogP contribution in [0.3, 0.4) is 0 Å². The number of nitrogens with one attached hydrogen (secondary N) is 1. The van der Waals surface area contributed by atoms with Gasteiger partial charge in [0, 0.05) is 18.6 Å². The number of rotatable bonds is 4. The normalized spacial score (nSPS) is 32.9. The summed E-state index contributed by atoms with van der Waals surface area (Å²) >= 11 is 0. The molecule has 1 N–H and O–H groups in total. The van der Waals surface area contributed by atoms with Crippen molar-refractivity contribution in [3.63, 3.8) is 0 Å². The van der Waals surface area contributed by atoms with Crippen LogP contribution in [0, 0.1) is 11.3 Å². The molecule has 0 aromatic heterocycles. The molecule has 108 valence electrons. The first kappa shape index (κ1) is 14.8. The van der Waals surface area contributed by atoms with E-state index < -0.39 is 5.54 Å². The summed E-state index contributed by atoms with van der Waals surface area (Å²) in [5.74, 6) is 0. The highest BCUT2D eigenvalue weighted by Gasteiger charge is 2.38. The van der Waals surface area contributed by atoms with Crippen LogP contribution < -0.4 is 5.32 Å². The third-order valence-corrected chi connectivity index (χ3v) is 4.84. The Hall–Kier alpha value is -0.630. The van der Waals surface area contributed by atoms with Crippen molar-refractivity contribution in [3.05, 3.63) is 0 Å². The van der Waals surface area contributed by atoms with Gasteiger partial charge in [0.25, 0.3) is 0 Å². The number of nitrogens with zero attached hydrogens (tertiary/aromatic N) is 2. The molecule has 0 aromatic rings. The third kappa shape index (κ3) is 3.28. The maximum absolute atomic E-state index is 9.31. The van der Waals surface area contributed by atoms with E-state index in [9.17, 15) is 5.26 Å². The molecule has 4 heteroatoms. The van der Waals surface area contributed by atoms with Gasteiger partial charge in [0.2, 0.25) is 0 Å².